The maximum Gasteiger partial charge on any atom is 0.237 e. The van der Waals surface area contributed by atoms with Crippen LogP contribution >= 0.6 is 0 Å². The van der Waals surface area contributed by atoms with Crippen molar-refractivity contribution in [3.63, 3.8) is 0 Å². The zero-order chi connectivity index (χ0) is 25.6. The fraction of sp³-hybridized carbons (Fsp3) is 0.552. The maximum atomic E-state index is 13.4. The number of nitrogens with zero attached hydrogens (tertiary/aromatic N) is 2. The molecule has 5 rings (SSSR count). The molecule has 3 heterocycles. The topological polar surface area (TPSA) is 66.1 Å². The van der Waals surface area contributed by atoms with Gasteiger partial charge in [-0.3, -0.25) is 9.69 Å². The average molecular weight is 511 g/mol. The van der Waals surface area contributed by atoms with Crippen molar-refractivity contribution in [2.45, 2.75) is 63.7 Å². The Morgan fingerprint density at radius 1 is 1.05 bits per heavy atom. The summed E-state index contributed by atoms with van der Waals surface area (Å²) in [5.74, 6) is 1.44. The molecular formula is C29H39FN4O3. The predicted octanol–water partition coefficient (Wildman–Crippen LogP) is 3.32. The summed E-state index contributed by atoms with van der Waals surface area (Å²) in [4.78, 5) is 18.4. The number of likely N-dealkylation sites (tertiary alicyclic amines) is 2. The number of halogens is 1. The van der Waals surface area contributed by atoms with E-state index < -0.39 is 0 Å². The van der Waals surface area contributed by atoms with E-state index in [0.717, 1.165) is 74.5 Å². The number of benzene rings is 2. The number of amides is 1. The summed E-state index contributed by atoms with van der Waals surface area (Å²) in [5, 5.41) is 6.83. The van der Waals surface area contributed by atoms with E-state index in [1.165, 1.54) is 18.6 Å². The molecule has 2 fully saturated rings. The maximum absolute atomic E-state index is 13.4. The molecule has 2 N–H and O–H groups in total. The molecule has 0 bridgehead atoms. The SMILES string of the molecule is CCCN1CCC(N2C[C@@H](NCc3ccc(F)cc3)C[C@H]2C(=O)NCCc2ccc3c(c2)OCO3)CC1. The molecule has 2 atom stereocenters. The van der Waals surface area contributed by atoms with E-state index in [4.69, 9.17) is 9.47 Å². The lowest BCUT2D eigenvalue weighted by Crippen LogP contribution is -2.51. The molecule has 2 aromatic rings. The molecule has 8 heteroatoms. The van der Waals surface area contributed by atoms with Gasteiger partial charge in [0.25, 0.3) is 0 Å². The lowest BCUT2D eigenvalue weighted by molar-refractivity contribution is -0.126. The van der Waals surface area contributed by atoms with Crippen molar-refractivity contribution in [1.82, 2.24) is 20.4 Å². The second-order valence-corrected chi connectivity index (χ2v) is 10.5. The summed E-state index contributed by atoms with van der Waals surface area (Å²) >= 11 is 0. The van der Waals surface area contributed by atoms with Gasteiger partial charge in [-0.05, 0) is 87.1 Å². The number of ether oxygens (including phenoxy) is 2. The molecule has 3 aliphatic rings. The van der Waals surface area contributed by atoms with Crippen molar-refractivity contribution in [2.24, 2.45) is 0 Å². The van der Waals surface area contributed by atoms with Gasteiger partial charge in [0.05, 0.1) is 6.04 Å². The van der Waals surface area contributed by atoms with Gasteiger partial charge in [0.15, 0.2) is 11.5 Å². The Hall–Kier alpha value is -2.68. The Morgan fingerprint density at radius 3 is 2.59 bits per heavy atom. The first-order valence-electron chi connectivity index (χ1n) is 13.7. The van der Waals surface area contributed by atoms with Crippen molar-refractivity contribution in [1.29, 1.82) is 0 Å². The Kier molecular flexibility index (Phi) is 8.59. The van der Waals surface area contributed by atoms with Gasteiger partial charge in [-0.25, -0.2) is 4.39 Å². The number of fused-ring (bicyclic) bond motifs is 1. The quantitative estimate of drug-likeness (QED) is 0.511. The van der Waals surface area contributed by atoms with Gasteiger partial charge < -0.3 is 25.0 Å². The van der Waals surface area contributed by atoms with Gasteiger partial charge in [-0.1, -0.05) is 25.1 Å². The van der Waals surface area contributed by atoms with Crippen molar-refractivity contribution in [2.75, 3.05) is 39.5 Å². The van der Waals surface area contributed by atoms with Crippen LogP contribution in [-0.4, -0.2) is 73.3 Å². The van der Waals surface area contributed by atoms with Crippen LogP contribution in [0.15, 0.2) is 42.5 Å². The minimum absolute atomic E-state index is 0.114. The predicted molar refractivity (Wildman–Crippen MR) is 141 cm³/mol. The van der Waals surface area contributed by atoms with E-state index in [-0.39, 0.29) is 30.6 Å². The van der Waals surface area contributed by atoms with Crippen LogP contribution in [0.2, 0.25) is 0 Å². The normalized spacial score (nSPS) is 22.4. The fourth-order valence-electron chi connectivity index (χ4n) is 5.87. The highest BCUT2D eigenvalue weighted by Crippen LogP contribution is 2.32. The molecule has 37 heavy (non-hydrogen) atoms. The average Bonchev–Trinajstić information content (AvgIpc) is 3.56. The van der Waals surface area contributed by atoms with E-state index in [9.17, 15) is 9.18 Å². The number of hydrogen-bond acceptors (Lipinski definition) is 6. The van der Waals surface area contributed by atoms with Gasteiger partial charge in [0.2, 0.25) is 12.7 Å². The molecule has 2 aromatic carbocycles. The van der Waals surface area contributed by atoms with Gasteiger partial charge in [-0.15, -0.1) is 0 Å². The fourth-order valence-corrected chi connectivity index (χ4v) is 5.87. The third-order valence-electron chi connectivity index (χ3n) is 7.87. The van der Waals surface area contributed by atoms with Crippen LogP contribution in [0.1, 0.15) is 43.7 Å². The number of nitrogens with one attached hydrogen (secondary N) is 2. The van der Waals surface area contributed by atoms with E-state index in [1.54, 1.807) is 0 Å². The Balaban J connectivity index is 1.18. The molecular weight excluding hydrogens is 471 g/mol. The van der Waals surface area contributed by atoms with E-state index in [1.807, 2.05) is 30.3 Å². The smallest absolute Gasteiger partial charge is 0.237 e. The van der Waals surface area contributed by atoms with E-state index in [0.29, 0.717) is 19.1 Å². The molecule has 0 spiro atoms. The summed E-state index contributed by atoms with van der Waals surface area (Å²) in [6.45, 7) is 7.97. The highest BCUT2D eigenvalue weighted by Gasteiger charge is 2.40. The van der Waals surface area contributed by atoms with Gasteiger partial charge in [0, 0.05) is 31.7 Å². The second-order valence-electron chi connectivity index (χ2n) is 10.5. The largest absolute Gasteiger partial charge is 0.454 e. The van der Waals surface area contributed by atoms with Crippen molar-refractivity contribution in [3.8, 4) is 11.5 Å². The zero-order valence-electron chi connectivity index (χ0n) is 21.8. The third kappa shape index (κ3) is 6.61. The Labute approximate surface area is 219 Å². The molecule has 7 nitrogen and oxygen atoms in total. The van der Waals surface area contributed by atoms with Crippen molar-refractivity contribution >= 4 is 5.91 Å². The van der Waals surface area contributed by atoms with E-state index in [2.05, 4.69) is 27.4 Å². The van der Waals surface area contributed by atoms with Crippen LogP contribution < -0.4 is 20.1 Å². The molecule has 2 saturated heterocycles. The molecule has 0 saturated carbocycles. The summed E-state index contributed by atoms with van der Waals surface area (Å²) in [7, 11) is 0. The molecule has 1 amide bonds. The van der Waals surface area contributed by atoms with Crippen LogP contribution in [-0.2, 0) is 17.8 Å². The van der Waals surface area contributed by atoms with Gasteiger partial charge >= 0.3 is 0 Å². The van der Waals surface area contributed by atoms with Crippen LogP contribution in [0.4, 0.5) is 4.39 Å². The van der Waals surface area contributed by atoms with Crippen molar-refractivity contribution < 1.29 is 18.7 Å². The minimum Gasteiger partial charge on any atom is -0.454 e. The standard InChI is InChI=1S/C29H39FN4O3/c1-2-13-33-14-10-25(11-15-33)34-19-24(32-18-22-3-6-23(30)7-4-22)17-26(34)29(35)31-12-9-21-5-8-27-28(16-21)37-20-36-27/h3-8,16,24-26,32H,2,9-15,17-20H2,1H3,(H,31,35)/t24-,26-/m0/s1. The van der Waals surface area contributed by atoms with Crippen LogP contribution in [0, 0.1) is 5.82 Å². The highest BCUT2D eigenvalue weighted by molar-refractivity contribution is 5.82. The Bertz CT molecular complexity index is 1040. The number of hydrogen-bond donors (Lipinski definition) is 2. The lowest BCUT2D eigenvalue weighted by atomic mass is 10.0. The summed E-state index contributed by atoms with van der Waals surface area (Å²) in [6, 6.07) is 13.1. The number of carbonyl (C=O) groups is 1. The van der Waals surface area contributed by atoms with E-state index >= 15 is 0 Å². The molecule has 0 aliphatic carbocycles. The monoisotopic (exact) mass is 510 g/mol. The first-order chi connectivity index (χ1) is 18.1. The Morgan fingerprint density at radius 2 is 1.81 bits per heavy atom. The summed E-state index contributed by atoms with van der Waals surface area (Å²) in [6.07, 6.45) is 4.92. The number of piperidine rings is 1. The van der Waals surface area contributed by atoms with Gasteiger partial charge in [0.1, 0.15) is 5.82 Å². The lowest BCUT2D eigenvalue weighted by Gasteiger charge is -2.39. The van der Waals surface area contributed by atoms with Crippen molar-refractivity contribution in [3.05, 3.63) is 59.4 Å². The van der Waals surface area contributed by atoms with Gasteiger partial charge in [-0.2, -0.15) is 0 Å². The molecule has 200 valence electrons. The molecule has 0 aromatic heterocycles. The third-order valence-corrected chi connectivity index (χ3v) is 7.87. The zero-order valence-corrected chi connectivity index (χ0v) is 21.8. The summed E-state index contributed by atoms with van der Waals surface area (Å²) in [5.41, 5.74) is 2.17. The number of carbonyl (C=O) groups excluding carboxylic acids is 1. The molecule has 3 aliphatic heterocycles. The first-order valence-corrected chi connectivity index (χ1v) is 13.7. The highest BCUT2D eigenvalue weighted by atomic mass is 19.1. The second kappa shape index (κ2) is 12.2. The van der Waals surface area contributed by atoms with Crippen LogP contribution in [0.25, 0.3) is 0 Å². The molecule has 0 unspecified atom stereocenters. The molecule has 0 radical (unpaired) electrons. The minimum atomic E-state index is -0.220. The number of rotatable bonds is 10. The van der Waals surface area contributed by atoms with Crippen LogP contribution in [0.5, 0.6) is 11.5 Å². The summed E-state index contributed by atoms with van der Waals surface area (Å²) < 4.78 is 24.2. The van der Waals surface area contributed by atoms with Crippen LogP contribution in [0.3, 0.4) is 0 Å². The first kappa shape index (κ1) is 25.9.